The van der Waals surface area contributed by atoms with E-state index in [1.165, 1.54) is 11.8 Å². The zero-order chi connectivity index (χ0) is 24.4. The van der Waals surface area contributed by atoms with Crippen LogP contribution >= 0.6 is 103 Å². The highest BCUT2D eigenvalue weighted by Crippen LogP contribution is 2.36. The number of nitrogens with zero attached hydrogens (tertiary/aromatic N) is 1. The lowest BCUT2D eigenvalue weighted by atomic mass is 10.2. The van der Waals surface area contributed by atoms with Gasteiger partial charge in [0, 0.05) is 15.6 Å². The number of hydrogen-bond acceptors (Lipinski definition) is 4. The molecule has 0 saturated carbocycles. The van der Waals surface area contributed by atoms with Crippen LogP contribution in [0.1, 0.15) is 11.1 Å². The van der Waals surface area contributed by atoms with Gasteiger partial charge < -0.3 is 10.1 Å². The molecule has 0 unspecified atom stereocenters. The third kappa shape index (κ3) is 6.35. The van der Waals surface area contributed by atoms with Crippen LogP contribution in [0.3, 0.4) is 0 Å². The molecule has 0 atom stereocenters. The molecule has 1 heterocycles. The highest BCUT2D eigenvalue weighted by Gasteiger charge is 2.24. The second-order valence-electron chi connectivity index (χ2n) is 6.89. The summed E-state index contributed by atoms with van der Waals surface area (Å²) < 4.78 is 7.85. The average Bonchev–Trinajstić information content (AvgIpc) is 3.10. The average molecular weight is 776 g/mol. The first-order valence-electron chi connectivity index (χ1n) is 9.50. The second-order valence-corrected chi connectivity index (χ2v) is 11.9. The van der Waals surface area contributed by atoms with Crippen molar-refractivity contribution < 1.29 is 9.53 Å². The number of aliphatic imine (C=N–C) groups is 1. The van der Waals surface area contributed by atoms with E-state index in [-0.39, 0.29) is 5.91 Å². The minimum atomic E-state index is -0.232. The van der Waals surface area contributed by atoms with Crippen LogP contribution in [-0.2, 0) is 11.4 Å². The Morgan fingerprint density at radius 1 is 1.00 bits per heavy atom. The van der Waals surface area contributed by atoms with Crippen LogP contribution in [0.4, 0.5) is 5.69 Å². The van der Waals surface area contributed by atoms with Crippen LogP contribution in [0, 0.1) is 7.14 Å². The van der Waals surface area contributed by atoms with Crippen molar-refractivity contribution in [2.75, 3.05) is 0 Å². The minimum Gasteiger partial charge on any atom is -0.487 e. The number of rotatable bonds is 5. The molecular formula is C23H12Cl4I2N2O2S. The number of benzene rings is 3. The third-order valence-corrected chi connectivity index (χ3v) is 8.42. The maximum Gasteiger partial charge on any atom is 0.264 e. The SMILES string of the molecule is O=C1NC(=Nc2cccc(Cl)c2Cl)S/C1=C/c1cc(I)c(OCc2ccc(Cl)cc2Cl)c(I)c1. The third-order valence-electron chi connectivity index (χ3n) is 4.51. The summed E-state index contributed by atoms with van der Waals surface area (Å²) in [5.41, 5.74) is 2.20. The molecule has 174 valence electrons. The first-order chi connectivity index (χ1) is 16.2. The van der Waals surface area contributed by atoms with Crippen molar-refractivity contribution in [3.05, 3.63) is 91.8 Å². The van der Waals surface area contributed by atoms with Gasteiger partial charge in [-0.25, -0.2) is 4.99 Å². The molecule has 1 amide bonds. The first kappa shape index (κ1) is 26.4. The zero-order valence-electron chi connectivity index (χ0n) is 16.8. The van der Waals surface area contributed by atoms with Crippen LogP contribution in [0.25, 0.3) is 6.08 Å². The summed E-state index contributed by atoms with van der Waals surface area (Å²) in [5, 5.41) is 5.07. The van der Waals surface area contributed by atoms with Crippen molar-refractivity contribution >= 4 is 126 Å². The van der Waals surface area contributed by atoms with Crippen LogP contribution in [-0.4, -0.2) is 11.1 Å². The highest BCUT2D eigenvalue weighted by molar-refractivity contribution is 14.1. The lowest BCUT2D eigenvalue weighted by Crippen LogP contribution is -2.19. The number of carbonyl (C=O) groups excluding carboxylic acids is 1. The van der Waals surface area contributed by atoms with E-state index in [1.54, 1.807) is 30.3 Å². The molecule has 1 N–H and O–H groups in total. The van der Waals surface area contributed by atoms with Crippen LogP contribution in [0.5, 0.6) is 5.75 Å². The Morgan fingerprint density at radius 3 is 2.44 bits per heavy atom. The summed E-state index contributed by atoms with van der Waals surface area (Å²) in [6, 6.07) is 14.4. The number of halogens is 6. The number of amidine groups is 1. The van der Waals surface area contributed by atoms with Gasteiger partial charge in [0.2, 0.25) is 0 Å². The summed E-state index contributed by atoms with van der Waals surface area (Å²) in [4.78, 5) is 17.4. The summed E-state index contributed by atoms with van der Waals surface area (Å²) in [6.45, 7) is 0.312. The predicted octanol–water partition coefficient (Wildman–Crippen LogP) is 8.98. The van der Waals surface area contributed by atoms with Gasteiger partial charge in [-0.3, -0.25) is 4.79 Å². The quantitative estimate of drug-likeness (QED) is 0.208. The Labute approximate surface area is 247 Å². The van der Waals surface area contributed by atoms with Gasteiger partial charge >= 0.3 is 0 Å². The van der Waals surface area contributed by atoms with Crippen molar-refractivity contribution in [2.24, 2.45) is 4.99 Å². The molecular weight excluding hydrogens is 764 g/mol. The standard InChI is InChI=1S/C23H12Cl4I2N2O2S/c24-13-5-4-12(15(26)9-13)10-33-21-16(28)6-11(7-17(21)29)8-19-22(32)31-23(34-19)30-18-3-1-2-14(25)20(18)27/h1-9H,10H2,(H,30,31,32)/b19-8+. The van der Waals surface area contributed by atoms with Gasteiger partial charge in [-0.05, 0) is 105 Å². The normalized spacial score (nSPS) is 15.8. The summed E-state index contributed by atoms with van der Waals surface area (Å²) in [7, 11) is 0. The topological polar surface area (TPSA) is 50.7 Å². The molecule has 11 heteroatoms. The molecule has 1 aliphatic heterocycles. The fourth-order valence-electron chi connectivity index (χ4n) is 2.91. The highest BCUT2D eigenvalue weighted by atomic mass is 127. The lowest BCUT2D eigenvalue weighted by molar-refractivity contribution is -0.115. The number of hydrogen-bond donors (Lipinski definition) is 1. The van der Waals surface area contributed by atoms with E-state index in [2.05, 4.69) is 55.5 Å². The van der Waals surface area contributed by atoms with Crippen molar-refractivity contribution in [1.29, 1.82) is 0 Å². The molecule has 0 radical (unpaired) electrons. The Bertz CT molecular complexity index is 1340. The summed E-state index contributed by atoms with van der Waals surface area (Å²) >= 11 is 30.1. The van der Waals surface area contributed by atoms with Crippen molar-refractivity contribution in [3.63, 3.8) is 0 Å². The van der Waals surface area contributed by atoms with Gasteiger partial charge in [0.25, 0.3) is 5.91 Å². The smallest absolute Gasteiger partial charge is 0.264 e. The molecule has 0 bridgehead atoms. The van der Waals surface area contributed by atoms with Crippen LogP contribution in [0.15, 0.2) is 58.4 Å². The largest absolute Gasteiger partial charge is 0.487 e. The second kappa shape index (κ2) is 11.6. The van der Waals surface area contributed by atoms with Crippen molar-refractivity contribution in [3.8, 4) is 5.75 Å². The van der Waals surface area contributed by atoms with E-state index >= 15 is 0 Å². The number of nitrogens with one attached hydrogen (secondary N) is 1. The van der Waals surface area contributed by atoms with Crippen molar-refractivity contribution in [2.45, 2.75) is 6.61 Å². The molecule has 4 nitrogen and oxygen atoms in total. The van der Waals surface area contributed by atoms with Gasteiger partial charge in [0.1, 0.15) is 12.4 Å². The Morgan fingerprint density at radius 2 is 1.74 bits per heavy atom. The van der Waals surface area contributed by atoms with E-state index in [0.717, 1.165) is 24.0 Å². The molecule has 0 spiro atoms. The van der Waals surface area contributed by atoms with Gasteiger partial charge in [0.05, 0.1) is 27.8 Å². The van der Waals surface area contributed by atoms with Crippen molar-refractivity contribution in [1.82, 2.24) is 5.32 Å². The fraction of sp³-hybridized carbons (Fsp3) is 0.0435. The molecule has 1 aliphatic rings. The molecule has 4 rings (SSSR count). The Balaban J connectivity index is 1.52. The lowest BCUT2D eigenvalue weighted by Gasteiger charge is -2.12. The monoisotopic (exact) mass is 774 g/mol. The number of amides is 1. The molecule has 3 aromatic rings. The Hall–Kier alpha value is -0.690. The number of ether oxygens (including phenoxy) is 1. The summed E-state index contributed by atoms with van der Waals surface area (Å²) in [5.74, 6) is 0.514. The minimum absolute atomic E-state index is 0.232. The Kier molecular flexibility index (Phi) is 8.98. The van der Waals surface area contributed by atoms with Crippen LogP contribution < -0.4 is 10.1 Å². The number of carbonyl (C=O) groups is 1. The summed E-state index contributed by atoms with van der Waals surface area (Å²) in [6.07, 6.45) is 1.81. The predicted molar refractivity (Wildman–Crippen MR) is 160 cm³/mol. The molecule has 3 aromatic carbocycles. The van der Waals surface area contributed by atoms with Gasteiger partial charge in [-0.1, -0.05) is 58.5 Å². The van der Waals surface area contributed by atoms with E-state index in [0.29, 0.717) is 42.5 Å². The number of thioether (sulfide) groups is 1. The van der Waals surface area contributed by atoms with E-state index in [9.17, 15) is 4.79 Å². The van der Waals surface area contributed by atoms with E-state index in [1.807, 2.05) is 24.3 Å². The van der Waals surface area contributed by atoms with E-state index < -0.39 is 0 Å². The molecule has 0 aliphatic carbocycles. The molecule has 1 saturated heterocycles. The van der Waals surface area contributed by atoms with Gasteiger partial charge in [-0.15, -0.1) is 0 Å². The maximum atomic E-state index is 12.5. The fourth-order valence-corrected chi connectivity index (χ4v) is 6.67. The first-order valence-corrected chi connectivity index (χ1v) is 14.0. The van der Waals surface area contributed by atoms with Gasteiger partial charge in [0.15, 0.2) is 5.17 Å². The molecule has 0 aromatic heterocycles. The molecule has 34 heavy (non-hydrogen) atoms. The maximum absolute atomic E-state index is 12.5. The van der Waals surface area contributed by atoms with Gasteiger partial charge in [-0.2, -0.15) is 0 Å². The zero-order valence-corrected chi connectivity index (χ0v) is 25.0. The van der Waals surface area contributed by atoms with E-state index in [4.69, 9.17) is 51.1 Å². The molecule has 1 fully saturated rings. The van der Waals surface area contributed by atoms with Crippen LogP contribution in [0.2, 0.25) is 20.1 Å².